The van der Waals surface area contributed by atoms with Crippen LogP contribution in [0.2, 0.25) is 0 Å². The molecule has 5 heteroatoms. The van der Waals surface area contributed by atoms with Crippen molar-refractivity contribution < 1.29 is 9.59 Å². The summed E-state index contributed by atoms with van der Waals surface area (Å²) < 4.78 is 0.933. The molecule has 2 aromatic carbocycles. The Morgan fingerprint density at radius 1 is 1.12 bits per heavy atom. The summed E-state index contributed by atoms with van der Waals surface area (Å²) in [4.78, 5) is 28.7. The Bertz CT molecular complexity index is 748. The third-order valence-electron chi connectivity index (χ3n) is 4.29. The van der Waals surface area contributed by atoms with Crippen molar-refractivity contribution in [3.05, 3.63) is 64.6 Å². The van der Waals surface area contributed by atoms with Crippen molar-refractivity contribution in [2.45, 2.75) is 19.4 Å². The maximum absolute atomic E-state index is 12.7. The zero-order valence-electron chi connectivity index (χ0n) is 13.5. The largest absolute Gasteiger partial charge is 0.329 e. The molecule has 0 spiro atoms. The quantitative estimate of drug-likeness (QED) is 0.811. The summed E-state index contributed by atoms with van der Waals surface area (Å²) in [7, 11) is 0. The summed E-state index contributed by atoms with van der Waals surface area (Å²) in [6, 6.07) is 16.9. The van der Waals surface area contributed by atoms with E-state index in [4.69, 9.17) is 0 Å². The van der Waals surface area contributed by atoms with E-state index in [0.717, 1.165) is 15.7 Å². The highest BCUT2D eigenvalue weighted by Crippen LogP contribution is 2.24. The van der Waals surface area contributed by atoms with E-state index >= 15 is 0 Å². The Hall–Kier alpha value is -2.14. The van der Waals surface area contributed by atoms with Crippen LogP contribution in [0.4, 0.5) is 5.69 Å². The number of piperazine rings is 1. The molecule has 1 aliphatic rings. The lowest BCUT2D eigenvalue weighted by molar-refractivity contribution is -0.140. The number of anilines is 1. The first kappa shape index (κ1) is 16.7. The molecule has 1 saturated heterocycles. The van der Waals surface area contributed by atoms with Crippen molar-refractivity contribution in [1.29, 1.82) is 0 Å². The van der Waals surface area contributed by atoms with Gasteiger partial charge in [0.15, 0.2) is 0 Å². The van der Waals surface area contributed by atoms with Crippen LogP contribution >= 0.6 is 15.9 Å². The molecular formula is C19H19BrN2O2. The Labute approximate surface area is 150 Å². The number of carbonyl (C=O) groups is 2. The highest BCUT2D eigenvalue weighted by atomic mass is 79.9. The van der Waals surface area contributed by atoms with Gasteiger partial charge in [-0.3, -0.25) is 9.59 Å². The van der Waals surface area contributed by atoms with Gasteiger partial charge in [0.1, 0.15) is 6.04 Å². The van der Waals surface area contributed by atoms with Crippen LogP contribution in [-0.2, 0) is 16.0 Å². The highest BCUT2D eigenvalue weighted by Gasteiger charge is 2.34. The van der Waals surface area contributed by atoms with Crippen molar-refractivity contribution >= 4 is 33.4 Å². The summed E-state index contributed by atoms with van der Waals surface area (Å²) in [5, 5.41) is 0. The lowest BCUT2D eigenvalue weighted by atomic mass is 10.1. The Morgan fingerprint density at radius 3 is 2.58 bits per heavy atom. The molecule has 1 fully saturated rings. The number of hydrogen-bond donors (Lipinski definition) is 0. The van der Waals surface area contributed by atoms with Gasteiger partial charge in [-0.15, -0.1) is 0 Å². The second kappa shape index (κ2) is 7.18. The fourth-order valence-corrected chi connectivity index (χ4v) is 3.37. The summed E-state index contributed by atoms with van der Waals surface area (Å²) >= 11 is 3.43. The SMILES string of the molecule is CC1C(=O)N(c2cccc(Br)c2)CCN1C(=O)Cc1ccccc1. The van der Waals surface area contributed by atoms with E-state index in [1.807, 2.05) is 54.6 Å². The van der Waals surface area contributed by atoms with Gasteiger partial charge in [0.25, 0.3) is 0 Å². The fraction of sp³-hybridized carbons (Fsp3) is 0.263. The second-order valence-electron chi connectivity index (χ2n) is 5.90. The van der Waals surface area contributed by atoms with Crippen LogP contribution < -0.4 is 4.90 Å². The minimum absolute atomic E-state index is 0.00376. The third kappa shape index (κ3) is 3.51. The molecule has 0 aliphatic carbocycles. The smallest absolute Gasteiger partial charge is 0.249 e. The van der Waals surface area contributed by atoms with Gasteiger partial charge in [0, 0.05) is 23.2 Å². The average molecular weight is 387 g/mol. The zero-order valence-corrected chi connectivity index (χ0v) is 15.1. The molecule has 4 nitrogen and oxygen atoms in total. The van der Waals surface area contributed by atoms with E-state index in [1.165, 1.54) is 0 Å². The van der Waals surface area contributed by atoms with Crippen molar-refractivity contribution in [2.75, 3.05) is 18.0 Å². The van der Waals surface area contributed by atoms with Crippen LogP contribution in [0, 0.1) is 0 Å². The molecule has 1 aliphatic heterocycles. The second-order valence-corrected chi connectivity index (χ2v) is 6.81. The predicted molar refractivity (Wildman–Crippen MR) is 97.8 cm³/mol. The van der Waals surface area contributed by atoms with Crippen LogP contribution in [0.25, 0.3) is 0 Å². The Kier molecular flexibility index (Phi) is 5.00. The first-order valence-electron chi connectivity index (χ1n) is 7.96. The van der Waals surface area contributed by atoms with E-state index in [0.29, 0.717) is 19.5 Å². The highest BCUT2D eigenvalue weighted by molar-refractivity contribution is 9.10. The van der Waals surface area contributed by atoms with Crippen LogP contribution in [-0.4, -0.2) is 35.8 Å². The molecule has 1 unspecified atom stereocenters. The summed E-state index contributed by atoms with van der Waals surface area (Å²) in [5.41, 5.74) is 1.83. The fourth-order valence-electron chi connectivity index (χ4n) is 2.98. The monoisotopic (exact) mass is 386 g/mol. The van der Waals surface area contributed by atoms with E-state index in [1.54, 1.807) is 16.7 Å². The number of halogens is 1. The van der Waals surface area contributed by atoms with Crippen LogP contribution in [0.3, 0.4) is 0 Å². The normalized spacial score (nSPS) is 17.9. The van der Waals surface area contributed by atoms with Gasteiger partial charge in [-0.05, 0) is 30.7 Å². The first-order chi connectivity index (χ1) is 11.6. The summed E-state index contributed by atoms with van der Waals surface area (Å²) in [6.45, 7) is 2.86. The van der Waals surface area contributed by atoms with Crippen LogP contribution in [0.5, 0.6) is 0 Å². The number of benzene rings is 2. The third-order valence-corrected chi connectivity index (χ3v) is 4.79. The van der Waals surface area contributed by atoms with E-state index in [2.05, 4.69) is 15.9 Å². The molecule has 3 rings (SSSR count). The first-order valence-corrected chi connectivity index (χ1v) is 8.76. The van der Waals surface area contributed by atoms with Gasteiger partial charge >= 0.3 is 0 Å². The van der Waals surface area contributed by atoms with Gasteiger partial charge in [0.05, 0.1) is 6.42 Å². The van der Waals surface area contributed by atoms with Crippen molar-refractivity contribution in [3.8, 4) is 0 Å². The molecule has 1 heterocycles. The molecule has 2 amide bonds. The number of hydrogen-bond acceptors (Lipinski definition) is 2. The molecule has 0 radical (unpaired) electrons. The molecule has 0 N–H and O–H groups in total. The van der Waals surface area contributed by atoms with Crippen LogP contribution in [0.15, 0.2) is 59.1 Å². The standard InChI is InChI=1S/C19H19BrN2O2/c1-14-19(24)22(17-9-5-8-16(20)13-17)11-10-21(14)18(23)12-15-6-3-2-4-7-15/h2-9,13-14H,10-12H2,1H3. The van der Waals surface area contributed by atoms with Crippen molar-refractivity contribution in [2.24, 2.45) is 0 Å². The van der Waals surface area contributed by atoms with Gasteiger partial charge in [0.2, 0.25) is 11.8 Å². The molecule has 1 atom stereocenters. The van der Waals surface area contributed by atoms with Gasteiger partial charge in [-0.2, -0.15) is 0 Å². The molecule has 2 aromatic rings. The Balaban J connectivity index is 1.71. The zero-order chi connectivity index (χ0) is 17.1. The average Bonchev–Trinajstić information content (AvgIpc) is 2.58. The molecule has 0 bridgehead atoms. The maximum atomic E-state index is 12.7. The topological polar surface area (TPSA) is 40.6 Å². The number of rotatable bonds is 3. The number of nitrogens with zero attached hydrogens (tertiary/aromatic N) is 2. The minimum Gasteiger partial charge on any atom is -0.329 e. The van der Waals surface area contributed by atoms with Crippen molar-refractivity contribution in [3.63, 3.8) is 0 Å². The lowest BCUT2D eigenvalue weighted by Crippen LogP contribution is -2.58. The van der Waals surface area contributed by atoms with Crippen molar-refractivity contribution in [1.82, 2.24) is 4.90 Å². The van der Waals surface area contributed by atoms with E-state index < -0.39 is 6.04 Å². The molecular weight excluding hydrogens is 368 g/mol. The summed E-state index contributed by atoms with van der Waals surface area (Å²) in [6.07, 6.45) is 0.329. The molecule has 124 valence electrons. The van der Waals surface area contributed by atoms with Gasteiger partial charge in [-0.25, -0.2) is 0 Å². The van der Waals surface area contributed by atoms with E-state index in [9.17, 15) is 9.59 Å². The minimum atomic E-state index is -0.450. The number of carbonyl (C=O) groups excluding carboxylic acids is 2. The predicted octanol–water partition coefficient (Wildman–Crippen LogP) is 3.26. The molecule has 0 saturated carbocycles. The maximum Gasteiger partial charge on any atom is 0.249 e. The Morgan fingerprint density at radius 2 is 1.88 bits per heavy atom. The molecule has 24 heavy (non-hydrogen) atoms. The molecule has 0 aromatic heterocycles. The lowest BCUT2D eigenvalue weighted by Gasteiger charge is -2.39. The number of amides is 2. The van der Waals surface area contributed by atoms with Gasteiger partial charge in [-0.1, -0.05) is 52.3 Å². The van der Waals surface area contributed by atoms with E-state index in [-0.39, 0.29) is 11.8 Å². The van der Waals surface area contributed by atoms with Gasteiger partial charge < -0.3 is 9.80 Å². The van der Waals surface area contributed by atoms with Crippen LogP contribution in [0.1, 0.15) is 12.5 Å². The summed E-state index contributed by atoms with van der Waals surface area (Å²) in [5.74, 6) is -0.0447.